The Bertz CT molecular complexity index is 816. The molecule has 0 unspecified atom stereocenters. The number of H-pyrrole nitrogens is 1. The molecule has 6 nitrogen and oxygen atoms in total. The van der Waals surface area contributed by atoms with E-state index >= 15 is 0 Å². The number of aromatic nitrogens is 2. The average molecular weight is 368 g/mol. The van der Waals surface area contributed by atoms with E-state index in [-0.39, 0.29) is 11.3 Å². The molecule has 0 aliphatic heterocycles. The molecule has 1 aliphatic carbocycles. The molecule has 1 atom stereocenters. The van der Waals surface area contributed by atoms with Crippen molar-refractivity contribution < 1.29 is 9.53 Å². The number of hydrazone groups is 1. The Hall–Kier alpha value is -2.63. The van der Waals surface area contributed by atoms with Crippen molar-refractivity contribution in [1.82, 2.24) is 15.6 Å². The first-order chi connectivity index (χ1) is 12.9. The molecule has 0 spiro atoms. The molecule has 1 aromatic heterocycles. The molecule has 0 fully saturated rings. The number of rotatable bonds is 5. The number of carbonyl (C=O) groups excluding carboxylic acids is 1. The second kappa shape index (κ2) is 7.94. The molecule has 1 amide bonds. The van der Waals surface area contributed by atoms with Gasteiger partial charge in [0.15, 0.2) is 5.69 Å². The van der Waals surface area contributed by atoms with Gasteiger partial charge in [0.1, 0.15) is 5.75 Å². The standard InChI is InChI=1S/C21H28N4O2/c1-21(2,3)12-15-7-10-18-17(11-15)19(24-23-18)20(26)25-22-13-14-5-8-16(27-4)9-6-14/h5-6,8-9,13,15H,7,10-12H2,1-4H3,(H,23,24)(H,25,26)/b22-13-/t15-/m1/s1. The first-order valence-corrected chi connectivity index (χ1v) is 9.39. The summed E-state index contributed by atoms with van der Waals surface area (Å²) in [6.45, 7) is 6.79. The Morgan fingerprint density at radius 3 is 2.78 bits per heavy atom. The Morgan fingerprint density at radius 2 is 2.11 bits per heavy atom. The summed E-state index contributed by atoms with van der Waals surface area (Å²) in [6.07, 6.45) is 5.75. The molecule has 6 heteroatoms. The molecule has 2 N–H and O–H groups in total. The largest absolute Gasteiger partial charge is 0.497 e. The van der Waals surface area contributed by atoms with E-state index in [1.807, 2.05) is 24.3 Å². The first kappa shape index (κ1) is 19.1. The van der Waals surface area contributed by atoms with Crippen LogP contribution in [-0.4, -0.2) is 29.4 Å². The minimum atomic E-state index is -0.270. The maximum atomic E-state index is 12.5. The van der Waals surface area contributed by atoms with Crippen LogP contribution in [0.2, 0.25) is 0 Å². The van der Waals surface area contributed by atoms with Crippen LogP contribution in [0, 0.1) is 11.3 Å². The van der Waals surface area contributed by atoms with Crippen molar-refractivity contribution in [3.63, 3.8) is 0 Å². The van der Waals surface area contributed by atoms with Gasteiger partial charge in [0.2, 0.25) is 0 Å². The van der Waals surface area contributed by atoms with Crippen molar-refractivity contribution in [2.75, 3.05) is 7.11 Å². The van der Waals surface area contributed by atoms with Crippen LogP contribution < -0.4 is 10.2 Å². The smallest absolute Gasteiger partial charge is 0.292 e. The van der Waals surface area contributed by atoms with Crippen molar-refractivity contribution in [3.05, 3.63) is 46.8 Å². The van der Waals surface area contributed by atoms with Crippen LogP contribution in [-0.2, 0) is 12.8 Å². The summed E-state index contributed by atoms with van der Waals surface area (Å²) in [5.74, 6) is 1.10. The molecule has 0 radical (unpaired) electrons. The van der Waals surface area contributed by atoms with Gasteiger partial charge in [-0.2, -0.15) is 10.2 Å². The lowest BCUT2D eigenvalue weighted by atomic mass is 9.76. The monoisotopic (exact) mass is 368 g/mol. The van der Waals surface area contributed by atoms with E-state index in [0.29, 0.717) is 11.6 Å². The summed E-state index contributed by atoms with van der Waals surface area (Å²) >= 11 is 0. The summed E-state index contributed by atoms with van der Waals surface area (Å²) in [5.41, 5.74) is 6.37. The van der Waals surface area contributed by atoms with Gasteiger partial charge in [-0.1, -0.05) is 20.8 Å². The van der Waals surface area contributed by atoms with Crippen LogP contribution in [0.5, 0.6) is 5.75 Å². The van der Waals surface area contributed by atoms with Gasteiger partial charge in [0.05, 0.1) is 13.3 Å². The zero-order valence-electron chi connectivity index (χ0n) is 16.5. The number of amides is 1. The lowest BCUT2D eigenvalue weighted by Gasteiger charge is -2.28. The first-order valence-electron chi connectivity index (χ1n) is 9.39. The van der Waals surface area contributed by atoms with Crippen LogP contribution in [0.3, 0.4) is 0 Å². The number of fused-ring (bicyclic) bond motifs is 1. The predicted molar refractivity (Wildman–Crippen MR) is 106 cm³/mol. The summed E-state index contributed by atoms with van der Waals surface area (Å²) < 4.78 is 5.13. The van der Waals surface area contributed by atoms with Gasteiger partial charge in [-0.3, -0.25) is 9.89 Å². The maximum Gasteiger partial charge on any atom is 0.292 e. The van der Waals surface area contributed by atoms with Crippen molar-refractivity contribution in [2.24, 2.45) is 16.4 Å². The van der Waals surface area contributed by atoms with Gasteiger partial charge >= 0.3 is 0 Å². The lowest BCUT2D eigenvalue weighted by Crippen LogP contribution is -2.24. The summed E-state index contributed by atoms with van der Waals surface area (Å²) in [4.78, 5) is 12.5. The molecular formula is C21H28N4O2. The van der Waals surface area contributed by atoms with Crippen LogP contribution in [0.1, 0.15) is 60.9 Å². The van der Waals surface area contributed by atoms with Gasteiger partial charge in [-0.15, -0.1) is 0 Å². The molecule has 27 heavy (non-hydrogen) atoms. The lowest BCUT2D eigenvalue weighted by molar-refractivity contribution is 0.0948. The Balaban J connectivity index is 1.64. The molecule has 3 rings (SSSR count). The van der Waals surface area contributed by atoms with Crippen LogP contribution in [0.25, 0.3) is 0 Å². The van der Waals surface area contributed by atoms with Gasteiger partial charge < -0.3 is 4.74 Å². The van der Waals surface area contributed by atoms with Gasteiger partial charge in [0, 0.05) is 11.3 Å². The van der Waals surface area contributed by atoms with E-state index in [2.05, 4.69) is 41.5 Å². The van der Waals surface area contributed by atoms with Crippen molar-refractivity contribution in [3.8, 4) is 5.75 Å². The quantitative estimate of drug-likeness (QED) is 0.623. The van der Waals surface area contributed by atoms with Gasteiger partial charge in [0.25, 0.3) is 5.91 Å². The Labute approximate surface area is 160 Å². The van der Waals surface area contributed by atoms with Gasteiger partial charge in [-0.05, 0) is 66.8 Å². The Morgan fingerprint density at radius 1 is 1.37 bits per heavy atom. The average Bonchev–Trinajstić information content (AvgIpc) is 3.04. The van der Waals surface area contributed by atoms with Crippen molar-refractivity contribution in [2.45, 2.75) is 46.5 Å². The normalized spacial score (nSPS) is 17.0. The number of aromatic amines is 1. The predicted octanol–water partition coefficient (Wildman–Crippen LogP) is 3.72. The number of nitrogens with zero attached hydrogens (tertiary/aromatic N) is 2. The number of methoxy groups -OCH3 is 1. The number of hydrogen-bond acceptors (Lipinski definition) is 4. The highest BCUT2D eigenvalue weighted by atomic mass is 16.5. The highest BCUT2D eigenvalue weighted by molar-refractivity contribution is 5.94. The van der Waals surface area contributed by atoms with E-state index in [4.69, 9.17) is 4.74 Å². The molecule has 1 aliphatic rings. The van der Waals surface area contributed by atoms with E-state index in [0.717, 1.165) is 48.3 Å². The third kappa shape index (κ3) is 4.96. The SMILES string of the molecule is COc1ccc(/C=N\NC(=O)c2n[nH]c3c2C[C@H](CC(C)(C)C)CC3)cc1. The summed E-state index contributed by atoms with van der Waals surface area (Å²) in [7, 11) is 1.62. The molecule has 1 heterocycles. The van der Waals surface area contributed by atoms with Gasteiger partial charge in [-0.25, -0.2) is 5.43 Å². The minimum absolute atomic E-state index is 0.270. The number of hydrogen-bond donors (Lipinski definition) is 2. The number of benzene rings is 1. The van der Waals surface area contributed by atoms with E-state index < -0.39 is 0 Å². The molecular weight excluding hydrogens is 340 g/mol. The molecule has 0 saturated carbocycles. The van der Waals surface area contributed by atoms with E-state index in [1.165, 1.54) is 0 Å². The van der Waals surface area contributed by atoms with Crippen LogP contribution in [0.15, 0.2) is 29.4 Å². The van der Waals surface area contributed by atoms with E-state index in [1.54, 1.807) is 13.3 Å². The minimum Gasteiger partial charge on any atom is -0.497 e. The third-order valence-electron chi connectivity index (χ3n) is 4.86. The van der Waals surface area contributed by atoms with Crippen LogP contribution >= 0.6 is 0 Å². The fourth-order valence-corrected chi connectivity index (χ4v) is 3.70. The summed E-state index contributed by atoms with van der Waals surface area (Å²) in [6, 6.07) is 7.45. The second-order valence-electron chi connectivity index (χ2n) is 8.38. The van der Waals surface area contributed by atoms with Crippen LogP contribution in [0.4, 0.5) is 0 Å². The molecule has 144 valence electrons. The Kier molecular flexibility index (Phi) is 5.63. The fourth-order valence-electron chi connectivity index (χ4n) is 3.70. The zero-order chi connectivity index (χ0) is 19.4. The number of carbonyl (C=O) groups is 1. The number of aryl methyl sites for hydroxylation is 1. The second-order valence-corrected chi connectivity index (χ2v) is 8.38. The van der Waals surface area contributed by atoms with Crippen molar-refractivity contribution in [1.29, 1.82) is 0 Å². The highest BCUT2D eigenvalue weighted by Gasteiger charge is 2.28. The molecule has 0 saturated heterocycles. The fraction of sp³-hybridized carbons (Fsp3) is 0.476. The summed E-state index contributed by atoms with van der Waals surface area (Å²) in [5, 5.41) is 11.3. The van der Waals surface area contributed by atoms with Crippen molar-refractivity contribution >= 4 is 12.1 Å². The highest BCUT2D eigenvalue weighted by Crippen LogP contribution is 2.34. The van der Waals surface area contributed by atoms with E-state index in [9.17, 15) is 4.79 Å². The topological polar surface area (TPSA) is 79.4 Å². The maximum absolute atomic E-state index is 12.5. The molecule has 2 aromatic rings. The molecule has 1 aromatic carbocycles. The number of ether oxygens (including phenoxy) is 1. The molecule has 0 bridgehead atoms. The zero-order valence-corrected chi connectivity index (χ0v) is 16.5. The number of nitrogens with one attached hydrogen (secondary N) is 2. The third-order valence-corrected chi connectivity index (χ3v) is 4.86.